The van der Waals surface area contributed by atoms with E-state index in [9.17, 15) is 0 Å². The molecule has 0 radical (unpaired) electrons. The molecule has 3 rings (SSSR count). The summed E-state index contributed by atoms with van der Waals surface area (Å²) >= 11 is 2.06. The van der Waals surface area contributed by atoms with E-state index in [4.69, 9.17) is 0 Å². The molecule has 1 aromatic carbocycles. The predicted octanol–water partition coefficient (Wildman–Crippen LogP) is 3.06. The quantitative estimate of drug-likeness (QED) is 0.881. The summed E-state index contributed by atoms with van der Waals surface area (Å²) < 4.78 is 0. The normalized spacial score (nSPS) is 25.5. The maximum atomic E-state index is 3.50. The Bertz CT molecular complexity index is 350. The van der Waals surface area contributed by atoms with Crippen LogP contribution < -0.4 is 5.32 Å². The van der Waals surface area contributed by atoms with Crippen molar-refractivity contribution in [2.75, 3.05) is 24.6 Å². The minimum absolute atomic E-state index is 0.838. The molecule has 2 saturated heterocycles. The highest BCUT2D eigenvalue weighted by Gasteiger charge is 2.20. The van der Waals surface area contributed by atoms with E-state index >= 15 is 0 Å². The lowest BCUT2D eigenvalue weighted by Gasteiger charge is -2.26. The molecule has 1 N–H and O–H groups in total. The van der Waals surface area contributed by atoms with Crippen molar-refractivity contribution >= 4 is 11.8 Å². The molecule has 2 heterocycles. The predicted molar refractivity (Wildman–Crippen MR) is 75.8 cm³/mol. The summed E-state index contributed by atoms with van der Waals surface area (Å²) in [5, 5.41) is 3.50. The fourth-order valence-electron chi connectivity index (χ4n) is 2.79. The van der Waals surface area contributed by atoms with Gasteiger partial charge in [-0.3, -0.25) is 0 Å². The molecule has 0 aromatic heterocycles. The van der Waals surface area contributed by atoms with Crippen LogP contribution in [-0.4, -0.2) is 24.6 Å². The number of hydrogen-bond donors (Lipinski definition) is 1. The van der Waals surface area contributed by atoms with Gasteiger partial charge < -0.3 is 5.32 Å². The topological polar surface area (TPSA) is 12.0 Å². The maximum absolute atomic E-state index is 3.50. The molecule has 92 valence electrons. The van der Waals surface area contributed by atoms with Gasteiger partial charge in [-0.1, -0.05) is 24.3 Å². The van der Waals surface area contributed by atoms with Gasteiger partial charge in [-0.15, -0.1) is 0 Å². The monoisotopic (exact) mass is 247 g/mol. The highest BCUT2D eigenvalue weighted by Crippen LogP contribution is 2.34. The molecule has 0 aliphatic carbocycles. The molecule has 1 atom stereocenters. The Labute approximate surface area is 108 Å². The van der Waals surface area contributed by atoms with E-state index in [1.165, 1.54) is 49.4 Å². The third-order valence-electron chi connectivity index (χ3n) is 4.01. The number of piperidine rings is 1. The molecule has 2 aliphatic rings. The molecule has 1 aromatic rings. The lowest BCUT2D eigenvalue weighted by Crippen LogP contribution is -2.30. The van der Waals surface area contributed by atoms with Crippen LogP contribution in [0.4, 0.5) is 0 Å². The molecule has 0 spiro atoms. The van der Waals surface area contributed by atoms with Gasteiger partial charge in [0, 0.05) is 17.4 Å². The van der Waals surface area contributed by atoms with Crippen molar-refractivity contribution < 1.29 is 0 Å². The summed E-state index contributed by atoms with van der Waals surface area (Å²) in [5.74, 6) is 4.34. The van der Waals surface area contributed by atoms with Crippen LogP contribution in [0, 0.1) is 5.92 Å². The first-order valence-corrected chi connectivity index (χ1v) is 7.94. The smallest absolute Gasteiger partial charge is 0.00198 e. The molecule has 0 bridgehead atoms. The van der Waals surface area contributed by atoms with E-state index in [-0.39, 0.29) is 0 Å². The second kappa shape index (κ2) is 5.45. The molecular formula is C15H21NS. The molecular weight excluding hydrogens is 226 g/mol. The summed E-state index contributed by atoms with van der Waals surface area (Å²) in [7, 11) is 0. The van der Waals surface area contributed by atoms with Gasteiger partial charge in [0.1, 0.15) is 0 Å². The Kier molecular flexibility index (Phi) is 3.72. The molecule has 17 heavy (non-hydrogen) atoms. The first kappa shape index (κ1) is 11.6. The first-order valence-electron chi connectivity index (χ1n) is 6.79. The third-order valence-corrected chi connectivity index (χ3v) is 5.29. The number of hydrogen-bond acceptors (Lipinski definition) is 2. The Balaban J connectivity index is 1.59. The molecule has 1 unspecified atom stereocenters. The Morgan fingerprint density at radius 3 is 2.59 bits per heavy atom. The zero-order valence-electron chi connectivity index (χ0n) is 10.3. The van der Waals surface area contributed by atoms with Gasteiger partial charge >= 0.3 is 0 Å². The van der Waals surface area contributed by atoms with Crippen LogP contribution in [-0.2, 0) is 6.42 Å². The van der Waals surface area contributed by atoms with Gasteiger partial charge in [0.2, 0.25) is 0 Å². The SMILES string of the molecule is c1cc(C2CSC2)ccc1CC1CCCNC1. The van der Waals surface area contributed by atoms with Gasteiger partial charge in [0.15, 0.2) is 0 Å². The average molecular weight is 247 g/mol. The summed E-state index contributed by atoms with van der Waals surface area (Å²) in [5.41, 5.74) is 3.07. The van der Waals surface area contributed by atoms with E-state index in [0.717, 1.165) is 11.8 Å². The van der Waals surface area contributed by atoms with Crippen molar-refractivity contribution in [3.05, 3.63) is 35.4 Å². The number of benzene rings is 1. The highest BCUT2D eigenvalue weighted by atomic mass is 32.2. The van der Waals surface area contributed by atoms with Crippen LogP contribution in [0.2, 0.25) is 0 Å². The van der Waals surface area contributed by atoms with Crippen LogP contribution in [0.1, 0.15) is 29.9 Å². The van der Waals surface area contributed by atoms with Gasteiger partial charge in [0.05, 0.1) is 0 Å². The van der Waals surface area contributed by atoms with Crippen LogP contribution in [0.15, 0.2) is 24.3 Å². The molecule has 2 heteroatoms. The van der Waals surface area contributed by atoms with Crippen molar-refractivity contribution in [1.82, 2.24) is 5.32 Å². The van der Waals surface area contributed by atoms with Crippen LogP contribution in [0.25, 0.3) is 0 Å². The first-order chi connectivity index (χ1) is 8.42. The fraction of sp³-hybridized carbons (Fsp3) is 0.600. The largest absolute Gasteiger partial charge is 0.316 e. The Morgan fingerprint density at radius 2 is 2.00 bits per heavy atom. The molecule has 1 nitrogen and oxygen atoms in total. The number of rotatable bonds is 3. The van der Waals surface area contributed by atoms with E-state index in [0.29, 0.717) is 0 Å². The molecule has 2 aliphatic heterocycles. The van der Waals surface area contributed by atoms with E-state index in [1.54, 1.807) is 5.56 Å². The second-order valence-corrected chi connectivity index (χ2v) is 6.47. The highest BCUT2D eigenvalue weighted by molar-refractivity contribution is 8.00. The minimum atomic E-state index is 0.838. The van der Waals surface area contributed by atoms with Gasteiger partial charge in [0.25, 0.3) is 0 Å². The molecule has 0 saturated carbocycles. The Hall–Kier alpha value is -0.470. The van der Waals surface area contributed by atoms with Crippen molar-refractivity contribution in [1.29, 1.82) is 0 Å². The standard InChI is InChI=1S/C15H21NS/c1-2-13(9-16-7-1)8-12-3-5-14(6-4-12)15-10-17-11-15/h3-6,13,15-16H,1-2,7-11H2. The van der Waals surface area contributed by atoms with E-state index < -0.39 is 0 Å². The number of thioether (sulfide) groups is 1. The number of nitrogens with one attached hydrogen (secondary N) is 1. The van der Waals surface area contributed by atoms with Crippen molar-refractivity contribution in [3.8, 4) is 0 Å². The lowest BCUT2D eigenvalue weighted by molar-refractivity contribution is 0.376. The van der Waals surface area contributed by atoms with Gasteiger partial charge in [-0.2, -0.15) is 11.8 Å². The van der Waals surface area contributed by atoms with E-state index in [1.807, 2.05) is 0 Å². The average Bonchev–Trinajstić information content (AvgIpc) is 2.31. The summed E-state index contributed by atoms with van der Waals surface area (Å²) in [6.45, 7) is 2.43. The van der Waals surface area contributed by atoms with Crippen LogP contribution in [0.3, 0.4) is 0 Å². The fourth-order valence-corrected chi connectivity index (χ4v) is 3.64. The minimum Gasteiger partial charge on any atom is -0.316 e. The van der Waals surface area contributed by atoms with Gasteiger partial charge in [-0.05, 0) is 49.4 Å². The maximum Gasteiger partial charge on any atom is 0.00198 e. The van der Waals surface area contributed by atoms with Crippen LogP contribution >= 0.6 is 11.8 Å². The zero-order chi connectivity index (χ0) is 11.5. The lowest BCUT2D eigenvalue weighted by atomic mass is 9.91. The Morgan fingerprint density at radius 1 is 1.18 bits per heavy atom. The van der Waals surface area contributed by atoms with Crippen molar-refractivity contribution in [2.24, 2.45) is 5.92 Å². The third kappa shape index (κ3) is 2.86. The van der Waals surface area contributed by atoms with Crippen molar-refractivity contribution in [3.63, 3.8) is 0 Å². The molecule has 0 amide bonds. The summed E-state index contributed by atoms with van der Waals surface area (Å²) in [6, 6.07) is 9.42. The second-order valence-electron chi connectivity index (χ2n) is 5.39. The molecule has 2 fully saturated rings. The zero-order valence-corrected chi connectivity index (χ0v) is 11.1. The van der Waals surface area contributed by atoms with Crippen molar-refractivity contribution in [2.45, 2.75) is 25.2 Å². The van der Waals surface area contributed by atoms with Crippen LogP contribution in [0.5, 0.6) is 0 Å². The summed E-state index contributed by atoms with van der Waals surface area (Å²) in [6.07, 6.45) is 4.00. The van der Waals surface area contributed by atoms with E-state index in [2.05, 4.69) is 41.3 Å². The summed E-state index contributed by atoms with van der Waals surface area (Å²) in [4.78, 5) is 0. The van der Waals surface area contributed by atoms with Gasteiger partial charge in [-0.25, -0.2) is 0 Å².